The van der Waals surface area contributed by atoms with Crippen molar-refractivity contribution >= 4 is 37.4 Å². The minimum atomic E-state index is -3.12. The van der Waals surface area contributed by atoms with Crippen molar-refractivity contribution in [3.63, 3.8) is 0 Å². The van der Waals surface area contributed by atoms with Crippen LogP contribution >= 0.6 is 15.9 Å². The molecule has 0 spiro atoms. The van der Waals surface area contributed by atoms with Gasteiger partial charge in [-0.05, 0) is 34.5 Å². The van der Waals surface area contributed by atoms with E-state index >= 15 is 0 Å². The van der Waals surface area contributed by atoms with E-state index in [1.54, 1.807) is 18.3 Å². The highest BCUT2D eigenvalue weighted by molar-refractivity contribution is 9.10. The van der Waals surface area contributed by atoms with Gasteiger partial charge in [0.15, 0.2) is 0 Å². The second-order valence-corrected chi connectivity index (χ2v) is 6.87. The van der Waals surface area contributed by atoms with Gasteiger partial charge in [0.05, 0.1) is 17.5 Å². The summed E-state index contributed by atoms with van der Waals surface area (Å²) in [6, 6.07) is 2.47. The molecule has 1 aromatic heterocycles. The Balaban J connectivity index is 2.58. The van der Waals surface area contributed by atoms with Gasteiger partial charge in [-0.15, -0.1) is 0 Å². The first-order valence-corrected chi connectivity index (χ1v) is 7.99. The molecule has 18 heavy (non-hydrogen) atoms. The SMILES string of the molecule is CS(=O)(=O)CCC(N)C(=O)Nc1cccnc1Br. The Labute approximate surface area is 114 Å². The molecule has 0 aliphatic heterocycles. The van der Waals surface area contributed by atoms with Crippen LogP contribution in [0.2, 0.25) is 0 Å². The molecule has 8 heteroatoms. The van der Waals surface area contributed by atoms with Crippen molar-refractivity contribution < 1.29 is 13.2 Å². The van der Waals surface area contributed by atoms with Crippen molar-refractivity contribution in [2.24, 2.45) is 5.73 Å². The highest BCUT2D eigenvalue weighted by Crippen LogP contribution is 2.18. The molecule has 0 saturated heterocycles. The molecular formula is C10H14BrN3O3S. The summed E-state index contributed by atoms with van der Waals surface area (Å²) in [6.07, 6.45) is 2.77. The molecule has 0 radical (unpaired) electrons. The maximum absolute atomic E-state index is 11.7. The van der Waals surface area contributed by atoms with E-state index in [0.717, 1.165) is 6.26 Å². The average Bonchev–Trinajstić information content (AvgIpc) is 2.28. The molecule has 1 aromatic rings. The van der Waals surface area contributed by atoms with Gasteiger partial charge in [0, 0.05) is 12.5 Å². The van der Waals surface area contributed by atoms with Crippen LogP contribution in [-0.4, -0.2) is 37.4 Å². The minimum Gasteiger partial charge on any atom is -0.322 e. The number of aromatic nitrogens is 1. The molecule has 3 N–H and O–H groups in total. The Morgan fingerprint density at radius 2 is 2.28 bits per heavy atom. The number of halogens is 1. The fraction of sp³-hybridized carbons (Fsp3) is 0.400. The summed E-state index contributed by atoms with van der Waals surface area (Å²) < 4.78 is 22.4. The first kappa shape index (κ1) is 15.1. The van der Waals surface area contributed by atoms with Gasteiger partial charge in [-0.3, -0.25) is 4.79 Å². The molecule has 1 rings (SSSR count). The van der Waals surface area contributed by atoms with E-state index in [9.17, 15) is 13.2 Å². The number of rotatable bonds is 5. The number of anilines is 1. The van der Waals surface area contributed by atoms with Gasteiger partial charge >= 0.3 is 0 Å². The molecular weight excluding hydrogens is 322 g/mol. The molecule has 0 aromatic carbocycles. The van der Waals surface area contributed by atoms with Gasteiger partial charge in [-0.25, -0.2) is 13.4 Å². The van der Waals surface area contributed by atoms with Gasteiger partial charge in [-0.1, -0.05) is 0 Å². The van der Waals surface area contributed by atoms with Gasteiger partial charge in [0.25, 0.3) is 0 Å². The topological polar surface area (TPSA) is 102 Å². The highest BCUT2D eigenvalue weighted by Gasteiger charge is 2.16. The van der Waals surface area contributed by atoms with Crippen molar-refractivity contribution in [2.45, 2.75) is 12.5 Å². The van der Waals surface area contributed by atoms with Crippen LogP contribution in [0.15, 0.2) is 22.9 Å². The third kappa shape index (κ3) is 5.11. The van der Waals surface area contributed by atoms with E-state index in [1.165, 1.54) is 0 Å². The van der Waals surface area contributed by atoms with Crippen LogP contribution < -0.4 is 11.1 Å². The zero-order chi connectivity index (χ0) is 13.8. The first-order chi connectivity index (χ1) is 8.29. The largest absolute Gasteiger partial charge is 0.322 e. The Morgan fingerprint density at radius 1 is 1.61 bits per heavy atom. The zero-order valence-electron chi connectivity index (χ0n) is 9.76. The maximum Gasteiger partial charge on any atom is 0.241 e. The lowest BCUT2D eigenvalue weighted by molar-refractivity contribution is -0.117. The van der Waals surface area contributed by atoms with Gasteiger partial charge < -0.3 is 11.1 Å². The van der Waals surface area contributed by atoms with E-state index < -0.39 is 21.8 Å². The van der Waals surface area contributed by atoms with Gasteiger partial charge in [0.1, 0.15) is 14.4 Å². The van der Waals surface area contributed by atoms with E-state index in [-0.39, 0.29) is 12.2 Å². The predicted octanol–water partition coefficient (Wildman–Crippen LogP) is 0.545. The summed E-state index contributed by atoms with van der Waals surface area (Å²) in [5.74, 6) is -0.553. The Kier molecular flexibility index (Phi) is 5.24. The molecule has 1 heterocycles. The number of nitrogens with one attached hydrogen (secondary N) is 1. The van der Waals surface area contributed by atoms with Gasteiger partial charge in [0.2, 0.25) is 5.91 Å². The Morgan fingerprint density at radius 3 is 2.83 bits per heavy atom. The summed E-state index contributed by atoms with van der Waals surface area (Å²) in [4.78, 5) is 15.6. The number of carbonyl (C=O) groups excluding carboxylic acids is 1. The van der Waals surface area contributed by atoms with E-state index in [0.29, 0.717) is 10.3 Å². The number of hydrogen-bond acceptors (Lipinski definition) is 5. The van der Waals surface area contributed by atoms with Crippen LogP contribution in [0.3, 0.4) is 0 Å². The first-order valence-electron chi connectivity index (χ1n) is 5.14. The second kappa shape index (κ2) is 6.26. The highest BCUT2D eigenvalue weighted by atomic mass is 79.9. The number of amides is 1. The summed E-state index contributed by atoms with van der Waals surface area (Å²) in [6.45, 7) is 0. The van der Waals surface area contributed by atoms with Crippen LogP contribution in [0.4, 0.5) is 5.69 Å². The zero-order valence-corrected chi connectivity index (χ0v) is 12.2. The molecule has 0 fully saturated rings. The molecule has 1 amide bonds. The molecule has 6 nitrogen and oxygen atoms in total. The Bertz CT molecular complexity index is 533. The number of sulfone groups is 1. The van der Waals surface area contributed by atoms with Crippen LogP contribution in [-0.2, 0) is 14.6 Å². The van der Waals surface area contributed by atoms with Crippen LogP contribution in [0, 0.1) is 0 Å². The van der Waals surface area contributed by atoms with Crippen LogP contribution in [0.25, 0.3) is 0 Å². The number of hydrogen-bond donors (Lipinski definition) is 2. The second-order valence-electron chi connectivity index (χ2n) is 3.86. The molecule has 1 unspecified atom stereocenters. The quantitative estimate of drug-likeness (QED) is 0.765. The fourth-order valence-corrected chi connectivity index (χ4v) is 2.21. The normalized spacial score (nSPS) is 13.1. The summed E-state index contributed by atoms with van der Waals surface area (Å²) in [5.41, 5.74) is 6.11. The molecule has 1 atom stereocenters. The van der Waals surface area contributed by atoms with E-state index in [1.807, 2.05) is 0 Å². The van der Waals surface area contributed by atoms with Crippen molar-refractivity contribution in [3.8, 4) is 0 Å². The number of nitrogens with two attached hydrogens (primary N) is 1. The van der Waals surface area contributed by atoms with Crippen molar-refractivity contribution in [1.29, 1.82) is 0 Å². The molecule has 0 saturated carbocycles. The predicted molar refractivity (Wildman–Crippen MR) is 72.9 cm³/mol. The lowest BCUT2D eigenvalue weighted by Crippen LogP contribution is -2.37. The summed E-state index contributed by atoms with van der Waals surface area (Å²) in [5, 5.41) is 2.58. The molecule has 0 aliphatic rings. The molecule has 0 aliphatic carbocycles. The maximum atomic E-state index is 11.7. The fourth-order valence-electron chi connectivity index (χ4n) is 1.18. The van der Waals surface area contributed by atoms with Crippen molar-refractivity contribution in [1.82, 2.24) is 4.98 Å². The monoisotopic (exact) mass is 335 g/mol. The van der Waals surface area contributed by atoms with Gasteiger partial charge in [-0.2, -0.15) is 0 Å². The van der Waals surface area contributed by atoms with Crippen LogP contribution in [0.5, 0.6) is 0 Å². The number of carbonyl (C=O) groups is 1. The summed E-state index contributed by atoms with van der Waals surface area (Å²) >= 11 is 3.18. The smallest absolute Gasteiger partial charge is 0.241 e. The number of pyridine rings is 1. The summed E-state index contributed by atoms with van der Waals surface area (Å²) in [7, 11) is -3.12. The van der Waals surface area contributed by atoms with Crippen molar-refractivity contribution in [3.05, 3.63) is 22.9 Å². The Hall–Kier alpha value is -0.990. The standard InChI is InChI=1S/C10H14BrN3O3S/c1-18(16,17)6-4-7(12)10(15)14-8-3-2-5-13-9(8)11/h2-3,5,7H,4,6,12H2,1H3,(H,14,15). The minimum absolute atomic E-state index is 0.0859. The third-order valence-electron chi connectivity index (χ3n) is 2.15. The van der Waals surface area contributed by atoms with E-state index in [2.05, 4.69) is 26.2 Å². The van der Waals surface area contributed by atoms with Crippen molar-refractivity contribution in [2.75, 3.05) is 17.3 Å². The van der Waals surface area contributed by atoms with E-state index in [4.69, 9.17) is 5.73 Å². The lowest BCUT2D eigenvalue weighted by Gasteiger charge is -2.12. The average molecular weight is 336 g/mol. The third-order valence-corrected chi connectivity index (χ3v) is 3.76. The van der Waals surface area contributed by atoms with Crippen LogP contribution in [0.1, 0.15) is 6.42 Å². The lowest BCUT2D eigenvalue weighted by atomic mass is 10.2. The number of nitrogens with zero attached hydrogens (tertiary/aromatic N) is 1. The molecule has 100 valence electrons. The molecule has 0 bridgehead atoms.